The van der Waals surface area contributed by atoms with Crippen LogP contribution in [0, 0.1) is 21.4 Å². The van der Waals surface area contributed by atoms with Crippen molar-refractivity contribution in [1.29, 1.82) is 5.26 Å². The van der Waals surface area contributed by atoms with E-state index >= 15 is 0 Å². The van der Waals surface area contributed by atoms with Crippen LogP contribution in [-0.2, 0) is 0 Å². The van der Waals surface area contributed by atoms with Crippen molar-refractivity contribution in [3.05, 3.63) is 69.8 Å². The second kappa shape index (κ2) is 8.49. The highest BCUT2D eigenvalue weighted by molar-refractivity contribution is 5.89. The summed E-state index contributed by atoms with van der Waals surface area (Å²) in [5, 5.41) is 20.0. The Labute approximate surface area is 141 Å². The molecule has 122 valence electrons. The lowest BCUT2D eigenvalue weighted by Gasteiger charge is -2.05. The van der Waals surface area contributed by atoms with Gasteiger partial charge in [0.15, 0.2) is 0 Å². The molecule has 2 aromatic carbocycles. The molecule has 2 aromatic rings. The predicted octanol–water partition coefficient (Wildman–Crippen LogP) is 4.84. The first-order valence-corrected chi connectivity index (χ1v) is 7.73. The van der Waals surface area contributed by atoms with Crippen LogP contribution < -0.4 is 4.74 Å². The van der Waals surface area contributed by atoms with Gasteiger partial charge in [-0.15, -0.1) is 0 Å². The van der Waals surface area contributed by atoms with Crippen molar-refractivity contribution in [3.63, 3.8) is 0 Å². The number of nitro groups is 1. The molecule has 0 heterocycles. The van der Waals surface area contributed by atoms with Gasteiger partial charge in [0.2, 0.25) is 0 Å². The van der Waals surface area contributed by atoms with Crippen molar-refractivity contribution in [1.82, 2.24) is 0 Å². The normalized spacial score (nSPS) is 10.9. The van der Waals surface area contributed by atoms with Crippen molar-refractivity contribution in [2.45, 2.75) is 19.8 Å². The summed E-state index contributed by atoms with van der Waals surface area (Å²) < 4.78 is 5.60. The fourth-order valence-electron chi connectivity index (χ4n) is 2.10. The van der Waals surface area contributed by atoms with Crippen LogP contribution in [0.25, 0.3) is 11.6 Å². The average molecular weight is 322 g/mol. The minimum Gasteiger partial charge on any atom is -0.494 e. The Kier molecular flexibility index (Phi) is 6.09. The number of allylic oxidation sites excluding steroid dienone is 1. The zero-order chi connectivity index (χ0) is 17.4. The van der Waals surface area contributed by atoms with Crippen LogP contribution in [0.3, 0.4) is 0 Å². The Bertz CT molecular complexity index is 757. The van der Waals surface area contributed by atoms with Gasteiger partial charge in [0.1, 0.15) is 5.75 Å². The van der Waals surface area contributed by atoms with E-state index in [-0.39, 0.29) is 5.69 Å². The molecule has 0 aromatic heterocycles. The van der Waals surface area contributed by atoms with E-state index in [1.807, 2.05) is 24.3 Å². The predicted molar refractivity (Wildman–Crippen MR) is 93.4 cm³/mol. The lowest BCUT2D eigenvalue weighted by atomic mass is 10.0. The molecule has 0 aliphatic heterocycles. The monoisotopic (exact) mass is 322 g/mol. The maximum Gasteiger partial charge on any atom is 0.269 e. The Balaban J connectivity index is 2.15. The van der Waals surface area contributed by atoms with Gasteiger partial charge in [-0.2, -0.15) is 5.26 Å². The molecular weight excluding hydrogens is 304 g/mol. The van der Waals surface area contributed by atoms with Crippen LogP contribution in [0.1, 0.15) is 30.9 Å². The Morgan fingerprint density at radius 1 is 1.21 bits per heavy atom. The van der Waals surface area contributed by atoms with Crippen LogP contribution in [0.15, 0.2) is 48.5 Å². The van der Waals surface area contributed by atoms with Crippen LogP contribution >= 0.6 is 0 Å². The van der Waals surface area contributed by atoms with Crippen molar-refractivity contribution in [2.24, 2.45) is 0 Å². The Morgan fingerprint density at radius 3 is 2.42 bits per heavy atom. The van der Waals surface area contributed by atoms with Crippen molar-refractivity contribution < 1.29 is 9.66 Å². The molecule has 0 spiro atoms. The number of ether oxygens (including phenoxy) is 1. The first kappa shape index (κ1) is 17.2. The van der Waals surface area contributed by atoms with Gasteiger partial charge in [0, 0.05) is 12.1 Å². The molecule has 0 radical (unpaired) electrons. The molecule has 24 heavy (non-hydrogen) atoms. The average Bonchev–Trinajstić information content (AvgIpc) is 2.61. The third kappa shape index (κ3) is 4.68. The van der Waals surface area contributed by atoms with Gasteiger partial charge in [0.05, 0.1) is 23.2 Å². The van der Waals surface area contributed by atoms with E-state index in [2.05, 4.69) is 13.0 Å². The molecule has 0 saturated carbocycles. The molecular formula is C19H18N2O3. The molecule has 0 N–H and O–H groups in total. The first-order chi connectivity index (χ1) is 11.6. The van der Waals surface area contributed by atoms with Gasteiger partial charge in [-0.05, 0) is 47.9 Å². The minimum absolute atomic E-state index is 0.00428. The van der Waals surface area contributed by atoms with Gasteiger partial charge in [-0.25, -0.2) is 0 Å². The smallest absolute Gasteiger partial charge is 0.269 e. The highest BCUT2D eigenvalue weighted by Crippen LogP contribution is 2.22. The number of benzene rings is 2. The SMILES string of the molecule is CCCCOc1ccc(/C=C(/C#N)c2ccc([N+](=O)[O-])cc2)cc1. The lowest BCUT2D eigenvalue weighted by Crippen LogP contribution is -1.95. The second-order valence-electron chi connectivity index (χ2n) is 5.24. The van der Waals surface area contributed by atoms with E-state index < -0.39 is 4.92 Å². The minimum atomic E-state index is -0.461. The summed E-state index contributed by atoms with van der Waals surface area (Å²) in [5.41, 5.74) is 1.97. The molecule has 0 unspecified atom stereocenters. The molecule has 0 saturated heterocycles. The van der Waals surface area contributed by atoms with E-state index in [4.69, 9.17) is 4.74 Å². The van der Waals surface area contributed by atoms with Gasteiger partial charge in [-0.1, -0.05) is 25.5 Å². The van der Waals surface area contributed by atoms with E-state index in [1.54, 1.807) is 18.2 Å². The number of rotatable bonds is 7. The topological polar surface area (TPSA) is 76.2 Å². The zero-order valence-electron chi connectivity index (χ0n) is 13.4. The van der Waals surface area contributed by atoms with Crippen LogP contribution in [-0.4, -0.2) is 11.5 Å². The maximum absolute atomic E-state index is 10.7. The number of non-ortho nitro benzene ring substituents is 1. The summed E-state index contributed by atoms with van der Waals surface area (Å²) in [6, 6.07) is 15.6. The second-order valence-corrected chi connectivity index (χ2v) is 5.24. The van der Waals surface area contributed by atoms with Gasteiger partial charge in [0.25, 0.3) is 5.69 Å². The summed E-state index contributed by atoms with van der Waals surface area (Å²) in [6.45, 7) is 2.80. The van der Waals surface area contributed by atoms with Gasteiger partial charge < -0.3 is 4.74 Å². The molecule has 0 aliphatic rings. The standard InChI is InChI=1S/C19H18N2O3/c1-2-3-12-24-19-10-4-15(5-11-19)13-17(14-20)16-6-8-18(9-7-16)21(22)23/h4-11,13H,2-3,12H2,1H3/b17-13-. The summed E-state index contributed by atoms with van der Waals surface area (Å²) in [7, 11) is 0. The Hall–Kier alpha value is -3.13. The fourth-order valence-corrected chi connectivity index (χ4v) is 2.10. The quantitative estimate of drug-likeness (QED) is 0.240. The third-order valence-electron chi connectivity index (χ3n) is 3.47. The highest BCUT2D eigenvalue weighted by atomic mass is 16.6. The third-order valence-corrected chi connectivity index (χ3v) is 3.47. The fraction of sp³-hybridized carbons (Fsp3) is 0.211. The van der Waals surface area contributed by atoms with Crippen molar-refractivity contribution in [2.75, 3.05) is 6.61 Å². The zero-order valence-corrected chi connectivity index (χ0v) is 13.4. The summed E-state index contributed by atoms with van der Waals surface area (Å²) in [6.07, 6.45) is 3.85. The molecule has 0 fully saturated rings. The largest absolute Gasteiger partial charge is 0.494 e. The number of nitrogens with zero attached hydrogens (tertiary/aromatic N) is 2. The summed E-state index contributed by atoms with van der Waals surface area (Å²) >= 11 is 0. The number of nitro benzene ring substituents is 1. The molecule has 0 amide bonds. The molecule has 5 heteroatoms. The summed E-state index contributed by atoms with van der Waals surface area (Å²) in [5.74, 6) is 0.800. The first-order valence-electron chi connectivity index (χ1n) is 7.73. The van der Waals surface area contributed by atoms with Crippen LogP contribution in [0.2, 0.25) is 0 Å². The number of hydrogen-bond acceptors (Lipinski definition) is 4. The van der Waals surface area contributed by atoms with Crippen LogP contribution in [0.5, 0.6) is 5.75 Å². The highest BCUT2D eigenvalue weighted by Gasteiger charge is 2.07. The molecule has 0 aliphatic carbocycles. The Morgan fingerprint density at radius 2 is 1.88 bits per heavy atom. The number of hydrogen-bond donors (Lipinski definition) is 0. The summed E-state index contributed by atoms with van der Waals surface area (Å²) in [4.78, 5) is 10.2. The molecule has 5 nitrogen and oxygen atoms in total. The molecule has 0 bridgehead atoms. The number of nitriles is 1. The van der Waals surface area contributed by atoms with Crippen LogP contribution in [0.4, 0.5) is 5.69 Å². The van der Waals surface area contributed by atoms with E-state index in [0.29, 0.717) is 17.7 Å². The van der Waals surface area contributed by atoms with Crippen molar-refractivity contribution >= 4 is 17.3 Å². The van der Waals surface area contributed by atoms with E-state index in [0.717, 1.165) is 24.2 Å². The van der Waals surface area contributed by atoms with Gasteiger partial charge >= 0.3 is 0 Å². The molecule has 0 atom stereocenters. The van der Waals surface area contributed by atoms with E-state index in [9.17, 15) is 15.4 Å². The number of unbranched alkanes of at least 4 members (excludes halogenated alkanes) is 1. The molecule has 2 rings (SSSR count). The van der Waals surface area contributed by atoms with Gasteiger partial charge in [-0.3, -0.25) is 10.1 Å². The van der Waals surface area contributed by atoms with Crippen molar-refractivity contribution in [3.8, 4) is 11.8 Å². The lowest BCUT2D eigenvalue weighted by molar-refractivity contribution is -0.384. The maximum atomic E-state index is 10.7. The van der Waals surface area contributed by atoms with E-state index in [1.165, 1.54) is 12.1 Å².